The van der Waals surface area contributed by atoms with Crippen molar-refractivity contribution in [2.45, 2.75) is 51.6 Å². The monoisotopic (exact) mass is 360 g/mol. The first-order chi connectivity index (χ1) is 11.8. The van der Waals surface area contributed by atoms with Gasteiger partial charge in [0.1, 0.15) is 0 Å². The van der Waals surface area contributed by atoms with Crippen molar-refractivity contribution in [2.75, 3.05) is 27.4 Å². The van der Waals surface area contributed by atoms with Crippen LogP contribution in [0.2, 0.25) is 0 Å². The molecular formula is C16H28N2O7. The number of rotatable bonds is 12. The molecule has 0 aromatic rings. The number of hydrogen-bond acceptors (Lipinski definition) is 7. The van der Waals surface area contributed by atoms with E-state index in [-0.39, 0.29) is 24.4 Å². The molecule has 0 radical (unpaired) electrons. The highest BCUT2D eigenvalue weighted by atomic mass is 16.5. The highest BCUT2D eigenvalue weighted by molar-refractivity contribution is 5.87. The number of hydrogen-bond donors (Lipinski definition) is 2. The molecule has 2 unspecified atom stereocenters. The number of methoxy groups -OCH3 is 2. The zero-order valence-corrected chi connectivity index (χ0v) is 15.3. The fourth-order valence-corrected chi connectivity index (χ4v) is 1.86. The Morgan fingerprint density at radius 1 is 0.760 bits per heavy atom. The molecule has 0 aliphatic carbocycles. The van der Waals surface area contributed by atoms with Crippen molar-refractivity contribution in [1.82, 2.24) is 10.6 Å². The third-order valence-corrected chi connectivity index (χ3v) is 3.43. The summed E-state index contributed by atoms with van der Waals surface area (Å²) in [6.45, 7) is 3.96. The molecule has 0 saturated heterocycles. The van der Waals surface area contributed by atoms with Gasteiger partial charge in [0, 0.05) is 26.1 Å². The maximum atomic E-state index is 11.7. The molecular weight excluding hydrogens is 332 g/mol. The molecule has 0 saturated carbocycles. The van der Waals surface area contributed by atoms with Gasteiger partial charge in [-0.3, -0.25) is 9.59 Å². The summed E-state index contributed by atoms with van der Waals surface area (Å²) in [7, 11) is 2.47. The average Bonchev–Trinajstić information content (AvgIpc) is 2.59. The van der Waals surface area contributed by atoms with Crippen molar-refractivity contribution >= 4 is 23.8 Å². The molecule has 0 rings (SSSR count). The summed E-state index contributed by atoms with van der Waals surface area (Å²) in [5.41, 5.74) is 0. The fraction of sp³-hybridized carbons (Fsp3) is 0.750. The molecule has 0 spiro atoms. The van der Waals surface area contributed by atoms with Crippen LogP contribution in [0.5, 0.6) is 0 Å². The van der Waals surface area contributed by atoms with Gasteiger partial charge in [-0.25, -0.2) is 9.59 Å². The molecule has 0 bridgehead atoms. The molecule has 2 N–H and O–H groups in total. The van der Waals surface area contributed by atoms with Gasteiger partial charge in [0.15, 0.2) is 11.6 Å². The zero-order valence-electron chi connectivity index (χ0n) is 15.3. The van der Waals surface area contributed by atoms with Gasteiger partial charge in [-0.2, -0.15) is 0 Å². The number of ketones is 2. The number of nitrogens with one attached hydrogen (secondary N) is 2. The number of carbonyl (C=O) groups excluding carboxylic acids is 4. The number of Topliss-reactive ketones (excluding diaryl/α,β-unsaturated/α-hetero) is 2. The highest BCUT2D eigenvalue weighted by Crippen LogP contribution is 2.00. The maximum Gasteiger partial charge on any atom is 0.407 e. The van der Waals surface area contributed by atoms with Crippen LogP contribution in [0, 0.1) is 0 Å². The standard InChI is InChI=1S/C16H28N2O7/c1-11(17-15(21)23-3)13(19)7-5-9-25-10-6-8-14(20)12(2)18-16(22)24-4/h11-12H,5-10H2,1-4H3,(H,17,21)(H,18,22). The number of ether oxygens (including phenoxy) is 3. The zero-order chi connectivity index (χ0) is 19.2. The van der Waals surface area contributed by atoms with E-state index in [0.717, 1.165) is 0 Å². The van der Waals surface area contributed by atoms with Crippen LogP contribution in [0.25, 0.3) is 0 Å². The van der Waals surface area contributed by atoms with E-state index < -0.39 is 24.3 Å². The van der Waals surface area contributed by atoms with E-state index in [1.54, 1.807) is 13.8 Å². The first-order valence-corrected chi connectivity index (χ1v) is 8.14. The Balaban J connectivity index is 3.70. The van der Waals surface area contributed by atoms with Gasteiger partial charge in [-0.1, -0.05) is 0 Å². The minimum Gasteiger partial charge on any atom is -0.453 e. The summed E-state index contributed by atoms with van der Waals surface area (Å²) in [5.74, 6) is -0.209. The lowest BCUT2D eigenvalue weighted by molar-refractivity contribution is -0.121. The van der Waals surface area contributed by atoms with Crippen LogP contribution in [0.1, 0.15) is 39.5 Å². The van der Waals surface area contributed by atoms with Gasteiger partial charge in [0.25, 0.3) is 0 Å². The molecule has 2 atom stereocenters. The fourth-order valence-electron chi connectivity index (χ4n) is 1.86. The van der Waals surface area contributed by atoms with Gasteiger partial charge >= 0.3 is 12.2 Å². The third-order valence-electron chi connectivity index (χ3n) is 3.43. The first-order valence-electron chi connectivity index (χ1n) is 8.14. The Hall–Kier alpha value is -2.16. The summed E-state index contributed by atoms with van der Waals surface area (Å²) in [4.78, 5) is 45.5. The van der Waals surface area contributed by atoms with Gasteiger partial charge in [0.05, 0.1) is 26.3 Å². The third kappa shape index (κ3) is 11.1. The average molecular weight is 360 g/mol. The highest BCUT2D eigenvalue weighted by Gasteiger charge is 2.16. The van der Waals surface area contributed by atoms with Gasteiger partial charge in [-0.05, 0) is 26.7 Å². The molecule has 25 heavy (non-hydrogen) atoms. The first kappa shape index (κ1) is 22.8. The normalized spacial score (nSPS) is 12.6. The van der Waals surface area contributed by atoms with Gasteiger partial charge in [-0.15, -0.1) is 0 Å². The minimum absolute atomic E-state index is 0.105. The number of amides is 2. The van der Waals surface area contributed by atoms with E-state index in [4.69, 9.17) is 4.74 Å². The summed E-state index contributed by atoms with van der Waals surface area (Å²) in [5, 5.41) is 4.81. The smallest absolute Gasteiger partial charge is 0.407 e. The Labute approximate surface area is 147 Å². The molecule has 0 aliphatic heterocycles. The summed E-state index contributed by atoms with van der Waals surface area (Å²) < 4.78 is 14.2. The van der Waals surface area contributed by atoms with E-state index in [2.05, 4.69) is 20.1 Å². The molecule has 0 aromatic carbocycles. The molecule has 0 aromatic heterocycles. The predicted octanol–water partition coefficient (Wildman–Crippen LogP) is 1.19. The topological polar surface area (TPSA) is 120 Å². The van der Waals surface area contributed by atoms with E-state index in [1.165, 1.54) is 14.2 Å². The number of carbonyl (C=O) groups is 4. The van der Waals surface area contributed by atoms with Crippen LogP contribution in [-0.4, -0.2) is 63.3 Å². The largest absolute Gasteiger partial charge is 0.453 e. The lowest BCUT2D eigenvalue weighted by Crippen LogP contribution is -2.38. The molecule has 0 heterocycles. The second-order valence-electron chi connectivity index (χ2n) is 5.47. The molecule has 9 heteroatoms. The molecule has 144 valence electrons. The molecule has 2 amide bonds. The van der Waals surface area contributed by atoms with Crippen LogP contribution >= 0.6 is 0 Å². The predicted molar refractivity (Wildman–Crippen MR) is 89.3 cm³/mol. The van der Waals surface area contributed by atoms with Crippen LogP contribution in [0.3, 0.4) is 0 Å². The van der Waals surface area contributed by atoms with Crippen LogP contribution in [-0.2, 0) is 23.8 Å². The number of alkyl carbamates (subject to hydrolysis) is 2. The van der Waals surface area contributed by atoms with Crippen molar-refractivity contribution in [2.24, 2.45) is 0 Å². The summed E-state index contributed by atoms with van der Waals surface area (Å²) >= 11 is 0. The Kier molecular flexibility index (Phi) is 12.0. The van der Waals surface area contributed by atoms with Crippen molar-refractivity contribution < 1.29 is 33.4 Å². The van der Waals surface area contributed by atoms with Crippen LogP contribution < -0.4 is 10.6 Å². The summed E-state index contributed by atoms with van der Waals surface area (Å²) in [6.07, 6.45) is 0.338. The maximum absolute atomic E-state index is 11.7. The molecule has 0 aliphatic rings. The minimum atomic E-state index is -0.641. The van der Waals surface area contributed by atoms with Crippen molar-refractivity contribution in [3.63, 3.8) is 0 Å². The second-order valence-corrected chi connectivity index (χ2v) is 5.47. The second kappa shape index (κ2) is 13.2. The SMILES string of the molecule is COC(=O)NC(C)C(=O)CCCOCCCC(=O)C(C)NC(=O)OC. The van der Waals surface area contributed by atoms with E-state index in [1.807, 2.05) is 0 Å². The molecule has 9 nitrogen and oxygen atoms in total. The van der Waals surface area contributed by atoms with Crippen molar-refractivity contribution in [1.29, 1.82) is 0 Å². The molecule has 0 fully saturated rings. The van der Waals surface area contributed by atoms with Crippen LogP contribution in [0.15, 0.2) is 0 Å². The van der Waals surface area contributed by atoms with E-state index in [0.29, 0.717) is 26.1 Å². The Bertz CT molecular complexity index is 414. The van der Waals surface area contributed by atoms with E-state index >= 15 is 0 Å². The summed E-state index contributed by atoms with van der Waals surface area (Å²) in [6, 6.07) is -1.21. The van der Waals surface area contributed by atoms with Crippen molar-refractivity contribution in [3.8, 4) is 0 Å². The van der Waals surface area contributed by atoms with Gasteiger partial charge in [0.2, 0.25) is 0 Å². The van der Waals surface area contributed by atoms with Crippen molar-refractivity contribution in [3.05, 3.63) is 0 Å². The van der Waals surface area contributed by atoms with E-state index in [9.17, 15) is 19.2 Å². The lowest BCUT2D eigenvalue weighted by Gasteiger charge is -2.12. The lowest BCUT2D eigenvalue weighted by atomic mass is 10.1. The van der Waals surface area contributed by atoms with Gasteiger partial charge < -0.3 is 24.8 Å². The Morgan fingerprint density at radius 3 is 1.44 bits per heavy atom. The quantitative estimate of drug-likeness (QED) is 0.502. The van der Waals surface area contributed by atoms with Crippen LogP contribution in [0.4, 0.5) is 9.59 Å². The Morgan fingerprint density at radius 2 is 1.12 bits per heavy atom.